The van der Waals surface area contributed by atoms with Crippen molar-refractivity contribution in [3.05, 3.63) is 123 Å². The van der Waals surface area contributed by atoms with Crippen LogP contribution in [0.4, 0.5) is 11.9 Å². The third-order valence-corrected chi connectivity index (χ3v) is 8.53. The number of benzene rings is 4. The van der Waals surface area contributed by atoms with E-state index in [0.717, 1.165) is 51.5 Å². The summed E-state index contributed by atoms with van der Waals surface area (Å²) in [4.78, 5) is 45.8. The molecule has 0 unspecified atom stereocenters. The Kier molecular flexibility index (Phi) is 13.1. The van der Waals surface area contributed by atoms with Crippen LogP contribution in [-0.2, 0) is 22.6 Å². The van der Waals surface area contributed by atoms with Crippen LogP contribution in [0, 0.1) is 22.7 Å². The maximum Gasteiger partial charge on any atom is 0.330 e. The first-order chi connectivity index (χ1) is 26.2. The molecule has 13 heteroatoms. The smallest absolute Gasteiger partial charge is 0.330 e. The molecule has 12 nitrogen and oxygen atoms in total. The molecule has 0 aliphatic carbocycles. The molecule has 2 N–H and O–H groups in total. The van der Waals surface area contributed by atoms with E-state index in [1.165, 1.54) is 6.08 Å². The van der Waals surface area contributed by atoms with Crippen molar-refractivity contribution in [1.82, 2.24) is 19.1 Å². The minimum Gasteiger partial charge on any atom is -0.463 e. The average Bonchev–Trinajstić information content (AvgIpc) is 3.70. The summed E-state index contributed by atoms with van der Waals surface area (Å²) in [6.45, 7) is 7.61. The van der Waals surface area contributed by atoms with E-state index in [-0.39, 0.29) is 11.8 Å². The lowest BCUT2D eigenvalue weighted by Crippen LogP contribution is -2.16. The summed E-state index contributed by atoms with van der Waals surface area (Å²) < 4.78 is 9.80. The highest BCUT2D eigenvalue weighted by Gasteiger charge is 2.16. The molecular weight excluding hydrogens is 748 g/mol. The Morgan fingerprint density at radius 3 is 1.76 bits per heavy atom. The number of hydrogen-bond acceptors (Lipinski definition) is 8. The van der Waals surface area contributed by atoms with Gasteiger partial charge in [-0.05, 0) is 98.1 Å². The van der Waals surface area contributed by atoms with E-state index in [1.807, 2.05) is 64.6 Å². The van der Waals surface area contributed by atoms with Crippen LogP contribution in [0.2, 0.25) is 0 Å². The van der Waals surface area contributed by atoms with Crippen molar-refractivity contribution in [2.75, 3.05) is 17.2 Å². The number of rotatable bonds is 11. The van der Waals surface area contributed by atoms with E-state index in [0.29, 0.717) is 47.3 Å². The molecule has 2 amide bonds. The van der Waals surface area contributed by atoms with E-state index < -0.39 is 5.97 Å². The van der Waals surface area contributed by atoms with Crippen LogP contribution in [0.25, 0.3) is 28.1 Å². The Morgan fingerprint density at radius 2 is 1.26 bits per heavy atom. The number of nitriles is 2. The van der Waals surface area contributed by atoms with Crippen LogP contribution in [0.15, 0.2) is 95.5 Å². The van der Waals surface area contributed by atoms with Gasteiger partial charge in [0.25, 0.3) is 11.8 Å². The monoisotopic (exact) mass is 784 g/mol. The molecule has 0 saturated carbocycles. The summed E-state index contributed by atoms with van der Waals surface area (Å²) in [5.74, 6) is -0.0590. The topological polar surface area (TPSA) is 168 Å². The number of nitrogens with zero attached hydrogens (tertiary/aromatic N) is 6. The molecule has 0 fully saturated rings. The van der Waals surface area contributed by atoms with Crippen molar-refractivity contribution in [1.29, 1.82) is 10.5 Å². The Hall–Kier alpha value is -6.57. The number of aromatic nitrogens is 4. The third kappa shape index (κ3) is 9.45. The second kappa shape index (κ2) is 18.3. The van der Waals surface area contributed by atoms with Crippen LogP contribution in [-0.4, -0.2) is 43.5 Å². The van der Waals surface area contributed by atoms with Crippen LogP contribution in [0.3, 0.4) is 0 Å². The van der Waals surface area contributed by atoms with E-state index >= 15 is 0 Å². The molecule has 272 valence electrons. The summed E-state index contributed by atoms with van der Waals surface area (Å²) >= 11 is 3.47. The lowest BCUT2D eigenvalue weighted by molar-refractivity contribution is -0.137. The summed E-state index contributed by atoms with van der Waals surface area (Å²) in [6, 6.07) is 28.6. The fourth-order valence-corrected chi connectivity index (χ4v) is 5.94. The fourth-order valence-electron chi connectivity index (χ4n) is 5.59. The van der Waals surface area contributed by atoms with Gasteiger partial charge in [0.15, 0.2) is 0 Å². The summed E-state index contributed by atoms with van der Waals surface area (Å²) in [5, 5.41) is 23.7. The molecule has 0 atom stereocenters. The molecular formula is C41H37BrN8O4. The molecule has 0 saturated heterocycles. The SMILES string of the molecule is CCCn1c(NC(=O)c2cccc(C#N)c2)nc2ccc(/C=C/C(=O)OCC)cc21.CCCn1c(NC(=O)c2cccc(C#N)c2)nc2ccc(Br)cc21. The zero-order chi connectivity index (χ0) is 38.6. The number of fused-ring (bicyclic) bond motifs is 2. The molecule has 0 bridgehead atoms. The normalized spacial score (nSPS) is 10.7. The second-order valence-electron chi connectivity index (χ2n) is 11.9. The number of ether oxygens (including phenoxy) is 1. The maximum atomic E-state index is 12.7. The molecule has 0 spiro atoms. The van der Waals surface area contributed by atoms with E-state index in [9.17, 15) is 14.4 Å². The fraction of sp³-hybridized carbons (Fsp3) is 0.195. The van der Waals surface area contributed by atoms with Crippen LogP contribution in [0.5, 0.6) is 0 Å². The quantitative estimate of drug-likeness (QED) is 0.0974. The van der Waals surface area contributed by atoms with Gasteiger partial charge in [0, 0.05) is 34.8 Å². The van der Waals surface area contributed by atoms with Gasteiger partial charge in [0.1, 0.15) is 0 Å². The standard InChI is InChI=1S/C23H22N4O3.C18H15BrN4O/c1-3-12-27-20-14-16(9-11-21(28)30-4-2)8-10-19(20)25-23(27)26-22(29)18-7-5-6-17(13-18)15-24;1-2-8-23-16-10-14(19)6-7-15(16)21-18(23)22-17(24)13-5-3-4-12(9-13)11-20/h5-11,13-14H,3-4,12H2,1-2H3,(H,25,26,29);3-7,9-10H,2,8H2,1H3,(H,21,22,24)/b11-9+;. The molecule has 2 heterocycles. The minimum absolute atomic E-state index is 0.279. The molecule has 6 rings (SSSR count). The number of aryl methyl sites for hydroxylation is 2. The first-order valence-corrected chi connectivity index (χ1v) is 18.1. The molecule has 0 aliphatic rings. The Bertz CT molecular complexity index is 2450. The van der Waals surface area contributed by atoms with Crippen LogP contribution >= 0.6 is 15.9 Å². The number of amides is 2. The predicted molar refractivity (Wildman–Crippen MR) is 212 cm³/mol. The number of carbonyl (C=O) groups is 3. The maximum absolute atomic E-state index is 12.7. The van der Waals surface area contributed by atoms with Gasteiger partial charge >= 0.3 is 5.97 Å². The van der Waals surface area contributed by atoms with Crippen LogP contribution < -0.4 is 10.6 Å². The molecule has 4 aromatic carbocycles. The molecule has 2 aromatic heterocycles. The number of imidazole rings is 2. The van der Waals surface area contributed by atoms with E-state index in [2.05, 4.69) is 43.5 Å². The number of esters is 1. The Morgan fingerprint density at radius 1 is 0.741 bits per heavy atom. The number of carbonyl (C=O) groups excluding carboxylic acids is 3. The van der Waals surface area contributed by atoms with Gasteiger partial charge in [-0.3, -0.25) is 20.2 Å². The minimum atomic E-state index is -0.396. The summed E-state index contributed by atoms with van der Waals surface area (Å²) in [5.41, 5.74) is 5.90. The summed E-state index contributed by atoms with van der Waals surface area (Å²) in [6.07, 6.45) is 4.84. The highest BCUT2D eigenvalue weighted by Crippen LogP contribution is 2.25. The molecule has 6 aromatic rings. The van der Waals surface area contributed by atoms with Gasteiger partial charge in [0.2, 0.25) is 11.9 Å². The Balaban J connectivity index is 0.000000213. The second-order valence-corrected chi connectivity index (χ2v) is 12.8. The number of hydrogen-bond donors (Lipinski definition) is 2. The van der Waals surface area contributed by atoms with Gasteiger partial charge < -0.3 is 13.9 Å². The number of halogens is 1. The molecule has 54 heavy (non-hydrogen) atoms. The van der Waals surface area contributed by atoms with Gasteiger partial charge in [-0.25, -0.2) is 14.8 Å². The van der Waals surface area contributed by atoms with Gasteiger partial charge in [-0.2, -0.15) is 10.5 Å². The molecule has 0 radical (unpaired) electrons. The highest BCUT2D eigenvalue weighted by molar-refractivity contribution is 9.10. The van der Waals surface area contributed by atoms with E-state index in [4.69, 9.17) is 15.3 Å². The van der Waals surface area contributed by atoms with Gasteiger partial charge in [0.05, 0.1) is 51.9 Å². The lowest BCUT2D eigenvalue weighted by atomic mass is 10.1. The molecule has 0 aliphatic heterocycles. The third-order valence-electron chi connectivity index (χ3n) is 8.03. The predicted octanol–water partition coefficient (Wildman–Crippen LogP) is 8.48. The van der Waals surface area contributed by atoms with Crippen molar-refractivity contribution >= 4 is 73.8 Å². The van der Waals surface area contributed by atoms with Gasteiger partial charge in [-0.1, -0.05) is 48.0 Å². The van der Waals surface area contributed by atoms with Gasteiger partial charge in [-0.15, -0.1) is 0 Å². The van der Waals surface area contributed by atoms with Crippen LogP contribution in [0.1, 0.15) is 71.0 Å². The summed E-state index contributed by atoms with van der Waals surface area (Å²) in [7, 11) is 0. The number of nitrogens with one attached hydrogen (secondary N) is 2. The average molecular weight is 786 g/mol. The zero-order valence-corrected chi connectivity index (χ0v) is 31.6. The van der Waals surface area contributed by atoms with E-state index in [1.54, 1.807) is 61.5 Å². The largest absolute Gasteiger partial charge is 0.463 e. The van der Waals surface area contributed by atoms with Crippen molar-refractivity contribution in [3.8, 4) is 12.1 Å². The van der Waals surface area contributed by atoms with Crippen molar-refractivity contribution in [2.45, 2.75) is 46.7 Å². The Labute approximate surface area is 320 Å². The van der Waals surface area contributed by atoms with Crippen molar-refractivity contribution in [3.63, 3.8) is 0 Å². The lowest BCUT2D eigenvalue weighted by Gasteiger charge is -2.09. The first kappa shape index (κ1) is 38.7. The van der Waals surface area contributed by atoms with Crippen molar-refractivity contribution < 1.29 is 19.1 Å². The number of anilines is 2. The zero-order valence-electron chi connectivity index (χ0n) is 30.0. The highest BCUT2D eigenvalue weighted by atomic mass is 79.9. The van der Waals surface area contributed by atoms with Crippen molar-refractivity contribution in [2.24, 2.45) is 0 Å². The first-order valence-electron chi connectivity index (χ1n) is 17.3.